The van der Waals surface area contributed by atoms with Gasteiger partial charge in [0, 0.05) is 22.2 Å². The van der Waals surface area contributed by atoms with E-state index in [1.807, 2.05) is 0 Å². The highest BCUT2D eigenvalue weighted by Crippen LogP contribution is 2.37. The zero-order valence-electron chi connectivity index (χ0n) is 11.4. The van der Waals surface area contributed by atoms with Gasteiger partial charge in [-0.25, -0.2) is 0 Å². The highest BCUT2D eigenvalue weighted by molar-refractivity contribution is 7.21. The zero-order chi connectivity index (χ0) is 16.3. The number of rotatable bonds is 5. The van der Waals surface area contributed by atoms with Crippen LogP contribution < -0.4 is 5.32 Å². The van der Waals surface area contributed by atoms with Crippen LogP contribution in [-0.2, 0) is 9.53 Å². The van der Waals surface area contributed by atoms with Gasteiger partial charge in [-0.3, -0.25) is 19.7 Å². The molecule has 0 saturated carbocycles. The maximum Gasteiger partial charge on any atom is 0.325 e. The number of benzene rings is 1. The van der Waals surface area contributed by atoms with E-state index in [4.69, 9.17) is 16.3 Å². The smallest absolute Gasteiger partial charge is 0.325 e. The number of amides is 1. The van der Waals surface area contributed by atoms with E-state index >= 15 is 0 Å². The summed E-state index contributed by atoms with van der Waals surface area (Å²) in [6.45, 7) is 1.62. The minimum Gasteiger partial charge on any atom is -0.465 e. The number of esters is 1. The van der Waals surface area contributed by atoms with Gasteiger partial charge in [0.05, 0.1) is 16.6 Å². The van der Waals surface area contributed by atoms with Crippen LogP contribution in [0.25, 0.3) is 10.1 Å². The average molecular weight is 343 g/mol. The Morgan fingerprint density at radius 1 is 1.45 bits per heavy atom. The van der Waals surface area contributed by atoms with E-state index in [0.717, 1.165) is 11.3 Å². The molecule has 0 saturated heterocycles. The first-order valence-corrected chi connectivity index (χ1v) is 7.43. The molecule has 22 heavy (non-hydrogen) atoms. The quantitative estimate of drug-likeness (QED) is 0.511. The van der Waals surface area contributed by atoms with Crippen LogP contribution in [0.1, 0.15) is 16.6 Å². The fourth-order valence-corrected chi connectivity index (χ4v) is 3.22. The summed E-state index contributed by atoms with van der Waals surface area (Å²) in [5.41, 5.74) is -0.0797. The summed E-state index contributed by atoms with van der Waals surface area (Å²) < 4.78 is 5.23. The number of carbonyl (C=O) groups excluding carboxylic acids is 2. The van der Waals surface area contributed by atoms with Gasteiger partial charge in [0.2, 0.25) is 0 Å². The number of ether oxygens (including phenoxy) is 1. The predicted molar refractivity (Wildman–Crippen MR) is 82.5 cm³/mol. The van der Waals surface area contributed by atoms with Crippen molar-refractivity contribution in [3.8, 4) is 0 Å². The van der Waals surface area contributed by atoms with Gasteiger partial charge in [-0.1, -0.05) is 11.6 Å². The molecule has 0 radical (unpaired) electrons. The average Bonchev–Trinajstić information content (AvgIpc) is 2.82. The molecule has 0 fully saturated rings. The van der Waals surface area contributed by atoms with Crippen molar-refractivity contribution in [2.24, 2.45) is 0 Å². The number of hydrogen-bond donors (Lipinski definition) is 1. The Hall–Kier alpha value is -2.19. The van der Waals surface area contributed by atoms with Crippen molar-refractivity contribution < 1.29 is 19.2 Å². The fourth-order valence-electron chi connectivity index (χ4n) is 1.76. The van der Waals surface area contributed by atoms with Crippen molar-refractivity contribution in [2.45, 2.75) is 6.92 Å². The van der Waals surface area contributed by atoms with Crippen LogP contribution in [0.5, 0.6) is 0 Å². The highest BCUT2D eigenvalue weighted by Gasteiger charge is 2.19. The number of nitro benzene ring substituents is 1. The second-order valence-electron chi connectivity index (χ2n) is 4.17. The summed E-state index contributed by atoms with van der Waals surface area (Å²) in [5, 5.41) is 13.9. The number of nitrogens with one attached hydrogen (secondary N) is 1. The molecule has 1 aromatic heterocycles. The number of non-ortho nitro benzene ring substituents is 1. The van der Waals surface area contributed by atoms with Gasteiger partial charge >= 0.3 is 5.97 Å². The Kier molecular flexibility index (Phi) is 4.94. The van der Waals surface area contributed by atoms with Crippen molar-refractivity contribution in [3.05, 3.63) is 38.2 Å². The first-order chi connectivity index (χ1) is 10.4. The number of halogens is 1. The van der Waals surface area contributed by atoms with E-state index in [2.05, 4.69) is 5.32 Å². The molecule has 0 aliphatic carbocycles. The summed E-state index contributed by atoms with van der Waals surface area (Å²) in [4.78, 5) is 33.7. The Morgan fingerprint density at radius 3 is 2.82 bits per heavy atom. The van der Waals surface area contributed by atoms with Crippen LogP contribution in [0.2, 0.25) is 5.02 Å². The van der Waals surface area contributed by atoms with Gasteiger partial charge in [0.25, 0.3) is 11.6 Å². The molecule has 0 bridgehead atoms. The van der Waals surface area contributed by atoms with Crippen molar-refractivity contribution in [3.63, 3.8) is 0 Å². The van der Waals surface area contributed by atoms with Crippen LogP contribution in [0.3, 0.4) is 0 Å². The first-order valence-electron chi connectivity index (χ1n) is 6.24. The molecular weight excluding hydrogens is 332 g/mol. The minimum absolute atomic E-state index is 0.0797. The lowest BCUT2D eigenvalue weighted by Gasteiger charge is -2.03. The Balaban J connectivity index is 2.24. The Morgan fingerprint density at radius 2 is 2.18 bits per heavy atom. The molecule has 1 aromatic carbocycles. The van der Waals surface area contributed by atoms with E-state index in [0.29, 0.717) is 10.1 Å². The highest BCUT2D eigenvalue weighted by atomic mass is 35.5. The van der Waals surface area contributed by atoms with Crippen LogP contribution >= 0.6 is 22.9 Å². The molecule has 0 unspecified atom stereocenters. The van der Waals surface area contributed by atoms with E-state index in [9.17, 15) is 19.7 Å². The maximum atomic E-state index is 12.0. The van der Waals surface area contributed by atoms with Gasteiger partial charge in [0.15, 0.2) is 0 Å². The summed E-state index contributed by atoms with van der Waals surface area (Å²) in [6, 6.07) is 4.17. The monoisotopic (exact) mass is 342 g/mol. The molecule has 1 amide bonds. The molecule has 0 aliphatic rings. The number of fused-ring (bicyclic) bond motifs is 1. The normalized spacial score (nSPS) is 10.5. The Bertz CT molecular complexity index is 758. The molecule has 0 atom stereocenters. The molecule has 0 spiro atoms. The molecular formula is C13H11ClN2O5S. The molecule has 116 valence electrons. The number of nitrogens with zero attached hydrogens (tertiary/aromatic N) is 1. The molecule has 2 rings (SSSR count). The van der Waals surface area contributed by atoms with Crippen LogP contribution in [-0.4, -0.2) is 30.0 Å². The van der Waals surface area contributed by atoms with Crippen LogP contribution in [0.15, 0.2) is 18.2 Å². The van der Waals surface area contributed by atoms with Crippen molar-refractivity contribution >= 4 is 50.6 Å². The van der Waals surface area contributed by atoms with E-state index in [1.165, 1.54) is 18.2 Å². The molecule has 9 heteroatoms. The third-order valence-electron chi connectivity index (χ3n) is 2.73. The van der Waals surface area contributed by atoms with Crippen molar-refractivity contribution in [1.29, 1.82) is 0 Å². The molecule has 1 heterocycles. The van der Waals surface area contributed by atoms with E-state index < -0.39 is 16.8 Å². The van der Waals surface area contributed by atoms with Gasteiger partial charge in [0.1, 0.15) is 11.4 Å². The number of hydrogen-bond acceptors (Lipinski definition) is 6. The summed E-state index contributed by atoms with van der Waals surface area (Å²) in [7, 11) is 0. The largest absolute Gasteiger partial charge is 0.465 e. The van der Waals surface area contributed by atoms with E-state index in [-0.39, 0.29) is 28.7 Å². The summed E-state index contributed by atoms with van der Waals surface area (Å²) in [5.74, 6) is -1.08. The van der Waals surface area contributed by atoms with Gasteiger partial charge in [-0.2, -0.15) is 0 Å². The zero-order valence-corrected chi connectivity index (χ0v) is 13.0. The molecule has 0 aliphatic heterocycles. The first kappa shape index (κ1) is 16.2. The lowest BCUT2D eigenvalue weighted by Crippen LogP contribution is -2.30. The lowest BCUT2D eigenvalue weighted by molar-refractivity contribution is -0.384. The second kappa shape index (κ2) is 6.71. The Labute approximate surface area is 134 Å². The van der Waals surface area contributed by atoms with Crippen LogP contribution in [0, 0.1) is 10.1 Å². The SMILES string of the molecule is CCOC(=O)CNC(=O)c1sc2cc([N+](=O)[O-])ccc2c1Cl. The summed E-state index contributed by atoms with van der Waals surface area (Å²) >= 11 is 7.15. The molecule has 2 aromatic rings. The van der Waals surface area contributed by atoms with E-state index in [1.54, 1.807) is 6.92 Å². The van der Waals surface area contributed by atoms with Crippen LogP contribution in [0.4, 0.5) is 5.69 Å². The van der Waals surface area contributed by atoms with Crippen molar-refractivity contribution in [1.82, 2.24) is 5.32 Å². The second-order valence-corrected chi connectivity index (χ2v) is 5.60. The number of thiophene rings is 1. The summed E-state index contributed by atoms with van der Waals surface area (Å²) in [6.07, 6.45) is 0. The predicted octanol–water partition coefficient (Wildman–Crippen LogP) is 2.76. The topological polar surface area (TPSA) is 98.5 Å². The third kappa shape index (κ3) is 3.34. The minimum atomic E-state index is -0.552. The fraction of sp³-hybridized carbons (Fsp3) is 0.231. The van der Waals surface area contributed by atoms with Gasteiger partial charge in [-0.05, 0) is 13.0 Å². The number of nitro groups is 1. The van der Waals surface area contributed by atoms with Gasteiger partial charge < -0.3 is 10.1 Å². The molecule has 7 nitrogen and oxygen atoms in total. The lowest BCUT2D eigenvalue weighted by atomic mass is 10.2. The van der Waals surface area contributed by atoms with Crippen molar-refractivity contribution in [2.75, 3.05) is 13.2 Å². The standard InChI is InChI=1S/C13H11ClN2O5S/c1-2-21-10(17)6-15-13(18)12-11(14)8-4-3-7(16(19)20)5-9(8)22-12/h3-5H,2,6H2,1H3,(H,15,18). The number of carbonyl (C=O) groups is 2. The van der Waals surface area contributed by atoms with Gasteiger partial charge in [-0.15, -0.1) is 11.3 Å². The molecule has 1 N–H and O–H groups in total. The third-order valence-corrected chi connectivity index (χ3v) is 4.38. The maximum absolute atomic E-state index is 12.0.